The highest BCUT2D eigenvalue weighted by molar-refractivity contribution is 5.77. The Kier molecular flexibility index (Phi) is 4.20. The zero-order chi connectivity index (χ0) is 20.7. The fraction of sp³-hybridized carbons (Fsp3) is 0.167. The Balaban J connectivity index is 1.66. The van der Waals surface area contributed by atoms with Crippen molar-refractivity contribution in [2.75, 3.05) is 13.2 Å². The van der Waals surface area contributed by atoms with Crippen molar-refractivity contribution < 1.29 is 14.3 Å². The lowest BCUT2D eigenvalue weighted by Gasteiger charge is -2.36. The number of fused-ring (bicyclic) bond motifs is 4. The summed E-state index contributed by atoms with van der Waals surface area (Å²) < 4.78 is 11.9. The van der Waals surface area contributed by atoms with E-state index in [2.05, 4.69) is 16.4 Å². The van der Waals surface area contributed by atoms with Crippen LogP contribution >= 0.6 is 0 Å². The fourth-order valence-electron chi connectivity index (χ4n) is 4.12. The Morgan fingerprint density at radius 1 is 1.17 bits per heavy atom. The Bertz CT molecular complexity index is 1170. The molecular formula is C24H21N3O3. The van der Waals surface area contributed by atoms with Gasteiger partial charge in [-0.25, -0.2) is 0 Å². The van der Waals surface area contributed by atoms with Crippen molar-refractivity contribution in [1.29, 1.82) is 0 Å². The van der Waals surface area contributed by atoms with Crippen LogP contribution < -0.4 is 20.5 Å². The number of ketones is 1. The molecule has 1 atom stereocenters. The number of ether oxygens (including phenoxy) is 2. The molecule has 2 aliphatic heterocycles. The maximum atomic E-state index is 11.3. The van der Waals surface area contributed by atoms with E-state index in [4.69, 9.17) is 15.2 Å². The van der Waals surface area contributed by atoms with Gasteiger partial charge in [0.05, 0.1) is 11.2 Å². The highest BCUT2D eigenvalue weighted by Gasteiger charge is 2.44. The molecule has 1 spiro atoms. The van der Waals surface area contributed by atoms with Gasteiger partial charge >= 0.3 is 0 Å². The van der Waals surface area contributed by atoms with Gasteiger partial charge in [0.15, 0.2) is 5.78 Å². The highest BCUT2D eigenvalue weighted by Crippen LogP contribution is 2.52. The van der Waals surface area contributed by atoms with Crippen molar-refractivity contribution in [2.24, 2.45) is 5.73 Å². The summed E-state index contributed by atoms with van der Waals surface area (Å²) in [6, 6.07) is 15.8. The zero-order valence-corrected chi connectivity index (χ0v) is 16.5. The Labute approximate surface area is 174 Å². The van der Waals surface area contributed by atoms with Crippen LogP contribution in [0.2, 0.25) is 0 Å². The summed E-state index contributed by atoms with van der Waals surface area (Å²) in [5, 5.41) is 3.27. The van der Waals surface area contributed by atoms with Gasteiger partial charge in [-0.3, -0.25) is 9.78 Å². The lowest BCUT2D eigenvalue weighted by molar-refractivity contribution is -0.118. The quantitative estimate of drug-likeness (QED) is 0.698. The van der Waals surface area contributed by atoms with E-state index in [1.165, 1.54) is 6.92 Å². The average Bonchev–Trinajstić information content (AvgIpc) is 3.15. The van der Waals surface area contributed by atoms with E-state index in [0.29, 0.717) is 18.1 Å². The summed E-state index contributed by atoms with van der Waals surface area (Å²) in [7, 11) is 0. The summed E-state index contributed by atoms with van der Waals surface area (Å²) in [6.07, 6.45) is 5.64. The van der Waals surface area contributed by atoms with Crippen molar-refractivity contribution in [3.8, 4) is 28.4 Å². The van der Waals surface area contributed by atoms with Crippen LogP contribution in [0.3, 0.4) is 0 Å². The lowest BCUT2D eigenvalue weighted by atomic mass is 9.72. The van der Waals surface area contributed by atoms with Gasteiger partial charge < -0.3 is 20.5 Å². The molecule has 3 heterocycles. The number of nitrogens with zero attached hydrogens (tertiary/aromatic N) is 1. The van der Waals surface area contributed by atoms with Crippen LogP contribution in [-0.2, 0) is 10.2 Å². The highest BCUT2D eigenvalue weighted by atomic mass is 16.5. The van der Waals surface area contributed by atoms with Crippen LogP contribution in [0.1, 0.15) is 18.1 Å². The van der Waals surface area contributed by atoms with Crippen molar-refractivity contribution in [2.45, 2.75) is 12.3 Å². The second-order valence-corrected chi connectivity index (χ2v) is 7.63. The Hall–Kier alpha value is -3.80. The molecule has 0 saturated carbocycles. The number of nitrogens with two attached hydrogens (primary N) is 1. The normalized spacial score (nSPS) is 18.6. The van der Waals surface area contributed by atoms with Crippen LogP contribution in [0.5, 0.6) is 17.2 Å². The molecule has 3 aromatic rings. The first-order valence-electron chi connectivity index (χ1n) is 9.77. The molecule has 2 aromatic carbocycles. The second-order valence-electron chi connectivity index (χ2n) is 7.63. The predicted molar refractivity (Wildman–Crippen MR) is 113 cm³/mol. The third-order valence-electron chi connectivity index (χ3n) is 5.52. The minimum Gasteiger partial charge on any atom is -0.486 e. The summed E-state index contributed by atoms with van der Waals surface area (Å²) in [6.45, 7) is 2.14. The first-order chi connectivity index (χ1) is 14.5. The number of hydrogen-bond donors (Lipinski definition) is 2. The first-order valence-corrected chi connectivity index (χ1v) is 9.77. The molecule has 5 rings (SSSR count). The lowest BCUT2D eigenvalue weighted by Crippen LogP contribution is -2.34. The second kappa shape index (κ2) is 6.91. The van der Waals surface area contributed by atoms with Gasteiger partial charge in [-0.05, 0) is 55.0 Å². The molecule has 30 heavy (non-hydrogen) atoms. The van der Waals surface area contributed by atoms with E-state index in [-0.39, 0.29) is 12.4 Å². The van der Waals surface area contributed by atoms with E-state index < -0.39 is 5.41 Å². The molecule has 6 heteroatoms. The molecule has 0 bridgehead atoms. The molecule has 150 valence electrons. The average molecular weight is 399 g/mol. The van der Waals surface area contributed by atoms with E-state index in [9.17, 15) is 4.79 Å². The fourth-order valence-corrected chi connectivity index (χ4v) is 4.12. The first kappa shape index (κ1) is 18.2. The molecule has 0 amide bonds. The maximum absolute atomic E-state index is 11.3. The number of pyridine rings is 1. The van der Waals surface area contributed by atoms with Gasteiger partial charge in [-0.2, -0.15) is 0 Å². The molecule has 1 aromatic heterocycles. The van der Waals surface area contributed by atoms with Crippen LogP contribution in [-0.4, -0.2) is 23.9 Å². The number of nitrogens with one attached hydrogen (secondary N) is 1. The standard InChI is InChI=1S/C24H21N3O3/c1-15(28)13-29-18-5-7-22-20(10-18)24(11-23(25)27-14-24)19-9-16(4-6-21(19)30-22)17-3-2-8-26-12-17/h2-12,27H,13-14,25H2,1H3/t24-/m0/s1. The SMILES string of the molecule is CC(=O)COc1ccc2c(c1)[C@]1(C=C(N)NC1)c1cc(-c3cccnc3)ccc1O2. The number of rotatable bonds is 4. The van der Waals surface area contributed by atoms with Crippen LogP contribution in [0.25, 0.3) is 11.1 Å². The van der Waals surface area contributed by atoms with Gasteiger partial charge in [0.2, 0.25) is 0 Å². The number of aromatic nitrogens is 1. The van der Waals surface area contributed by atoms with Gasteiger partial charge in [0.1, 0.15) is 23.9 Å². The molecular weight excluding hydrogens is 378 g/mol. The number of carbonyl (C=O) groups excluding carboxylic acids is 1. The van der Waals surface area contributed by atoms with E-state index in [0.717, 1.165) is 33.8 Å². The van der Waals surface area contributed by atoms with Crippen molar-refractivity contribution in [1.82, 2.24) is 10.3 Å². The van der Waals surface area contributed by atoms with Gasteiger partial charge in [-0.1, -0.05) is 12.1 Å². The third kappa shape index (κ3) is 2.97. The summed E-state index contributed by atoms with van der Waals surface area (Å²) >= 11 is 0. The molecule has 6 nitrogen and oxygen atoms in total. The topological polar surface area (TPSA) is 86.5 Å². The van der Waals surface area contributed by atoms with Crippen LogP contribution in [0.15, 0.2) is 72.8 Å². The van der Waals surface area contributed by atoms with Crippen molar-refractivity contribution >= 4 is 5.78 Å². The third-order valence-corrected chi connectivity index (χ3v) is 5.52. The summed E-state index contributed by atoms with van der Waals surface area (Å²) in [4.78, 5) is 15.6. The van der Waals surface area contributed by atoms with Crippen molar-refractivity contribution in [3.63, 3.8) is 0 Å². The van der Waals surface area contributed by atoms with Gasteiger partial charge in [0, 0.05) is 35.6 Å². The van der Waals surface area contributed by atoms with Crippen LogP contribution in [0.4, 0.5) is 0 Å². The monoisotopic (exact) mass is 399 g/mol. The van der Waals surface area contributed by atoms with Gasteiger partial charge in [-0.15, -0.1) is 0 Å². The molecule has 0 saturated heterocycles. The molecule has 0 fully saturated rings. The minimum absolute atomic E-state index is 0.0307. The smallest absolute Gasteiger partial charge is 0.167 e. The van der Waals surface area contributed by atoms with E-state index >= 15 is 0 Å². The Morgan fingerprint density at radius 3 is 2.67 bits per heavy atom. The number of benzene rings is 2. The van der Waals surface area contributed by atoms with Gasteiger partial charge in [0.25, 0.3) is 0 Å². The van der Waals surface area contributed by atoms with Crippen molar-refractivity contribution in [3.05, 3.63) is 83.9 Å². The summed E-state index contributed by atoms with van der Waals surface area (Å²) in [5.74, 6) is 2.75. The number of carbonyl (C=O) groups is 1. The van der Waals surface area contributed by atoms with E-state index in [1.807, 2.05) is 54.7 Å². The molecule has 0 aliphatic carbocycles. The number of hydrogen-bond acceptors (Lipinski definition) is 6. The summed E-state index contributed by atoms with van der Waals surface area (Å²) in [5.41, 5.74) is 9.72. The predicted octanol–water partition coefficient (Wildman–Crippen LogP) is 3.51. The molecule has 2 aliphatic rings. The Morgan fingerprint density at radius 2 is 1.97 bits per heavy atom. The minimum atomic E-state index is -0.499. The largest absolute Gasteiger partial charge is 0.486 e. The van der Waals surface area contributed by atoms with Crippen LogP contribution in [0, 0.1) is 0 Å². The van der Waals surface area contributed by atoms with E-state index in [1.54, 1.807) is 6.20 Å². The molecule has 3 N–H and O–H groups in total. The number of Topliss-reactive ketones (excluding diaryl/α,β-unsaturated/α-hetero) is 1. The molecule has 0 radical (unpaired) electrons. The maximum Gasteiger partial charge on any atom is 0.167 e. The molecule has 0 unspecified atom stereocenters. The zero-order valence-electron chi connectivity index (χ0n) is 16.5.